The van der Waals surface area contributed by atoms with Crippen molar-refractivity contribution in [3.8, 4) is 0 Å². The standard InChI is InChI=1S/C15H32N2/c1-3-5-13-17(4-2)14-9-12-16-15-10-7-6-8-11-15/h15-16H,3-14H2,1-2H3. The van der Waals surface area contributed by atoms with Crippen LogP contribution in [0.15, 0.2) is 0 Å². The molecule has 0 saturated heterocycles. The maximum atomic E-state index is 3.73. The molecule has 17 heavy (non-hydrogen) atoms. The number of nitrogens with zero attached hydrogens (tertiary/aromatic N) is 1. The van der Waals surface area contributed by atoms with Crippen molar-refractivity contribution in [1.82, 2.24) is 10.2 Å². The predicted octanol–water partition coefficient (Wildman–Crippen LogP) is 3.42. The molecule has 0 aromatic rings. The number of hydrogen-bond acceptors (Lipinski definition) is 2. The summed E-state index contributed by atoms with van der Waals surface area (Å²) in [5.74, 6) is 0. The predicted molar refractivity (Wildman–Crippen MR) is 76.5 cm³/mol. The van der Waals surface area contributed by atoms with E-state index in [9.17, 15) is 0 Å². The van der Waals surface area contributed by atoms with Gasteiger partial charge in [0.1, 0.15) is 0 Å². The van der Waals surface area contributed by atoms with Crippen molar-refractivity contribution in [2.45, 2.75) is 71.3 Å². The Morgan fingerprint density at radius 3 is 2.35 bits per heavy atom. The van der Waals surface area contributed by atoms with Crippen LogP contribution in [0.4, 0.5) is 0 Å². The van der Waals surface area contributed by atoms with E-state index in [0.717, 1.165) is 6.04 Å². The van der Waals surface area contributed by atoms with Crippen LogP contribution in [0, 0.1) is 0 Å². The van der Waals surface area contributed by atoms with E-state index >= 15 is 0 Å². The van der Waals surface area contributed by atoms with Crippen LogP contribution in [0.5, 0.6) is 0 Å². The molecule has 0 aromatic heterocycles. The lowest BCUT2D eigenvalue weighted by Gasteiger charge is -2.24. The molecule has 0 bridgehead atoms. The van der Waals surface area contributed by atoms with Crippen molar-refractivity contribution in [3.05, 3.63) is 0 Å². The van der Waals surface area contributed by atoms with Crippen LogP contribution in [0.3, 0.4) is 0 Å². The Hall–Kier alpha value is -0.0800. The topological polar surface area (TPSA) is 15.3 Å². The molecule has 0 amide bonds. The summed E-state index contributed by atoms with van der Waals surface area (Å²) in [7, 11) is 0. The second-order valence-electron chi connectivity index (χ2n) is 5.43. The zero-order chi connectivity index (χ0) is 12.3. The van der Waals surface area contributed by atoms with Gasteiger partial charge in [-0.15, -0.1) is 0 Å². The summed E-state index contributed by atoms with van der Waals surface area (Å²) in [5, 5.41) is 3.73. The molecule has 1 aliphatic carbocycles. The van der Waals surface area contributed by atoms with Gasteiger partial charge in [0.05, 0.1) is 0 Å². The summed E-state index contributed by atoms with van der Waals surface area (Å²) in [6, 6.07) is 0.828. The summed E-state index contributed by atoms with van der Waals surface area (Å²) < 4.78 is 0. The van der Waals surface area contributed by atoms with Crippen LogP contribution in [0.2, 0.25) is 0 Å². The highest BCUT2D eigenvalue weighted by Gasteiger charge is 2.11. The van der Waals surface area contributed by atoms with Gasteiger partial charge in [-0.25, -0.2) is 0 Å². The van der Waals surface area contributed by atoms with Crippen molar-refractivity contribution in [2.75, 3.05) is 26.2 Å². The molecular formula is C15H32N2. The van der Waals surface area contributed by atoms with Gasteiger partial charge in [0.2, 0.25) is 0 Å². The lowest BCUT2D eigenvalue weighted by atomic mass is 9.95. The van der Waals surface area contributed by atoms with Crippen LogP contribution in [0.1, 0.15) is 65.2 Å². The molecule has 0 atom stereocenters. The maximum Gasteiger partial charge on any atom is 0.00670 e. The normalized spacial score (nSPS) is 17.8. The summed E-state index contributed by atoms with van der Waals surface area (Å²) in [6.07, 6.45) is 11.1. The van der Waals surface area contributed by atoms with E-state index in [1.54, 1.807) is 0 Å². The van der Waals surface area contributed by atoms with Gasteiger partial charge in [-0.3, -0.25) is 0 Å². The average molecular weight is 240 g/mol. The summed E-state index contributed by atoms with van der Waals surface area (Å²) in [4.78, 5) is 2.59. The Bertz CT molecular complexity index is 164. The SMILES string of the molecule is CCCCN(CC)CCCNC1CCCCC1. The largest absolute Gasteiger partial charge is 0.314 e. The molecule has 0 unspecified atom stereocenters. The Morgan fingerprint density at radius 1 is 1.00 bits per heavy atom. The molecule has 2 nitrogen and oxygen atoms in total. The van der Waals surface area contributed by atoms with E-state index in [-0.39, 0.29) is 0 Å². The molecule has 1 saturated carbocycles. The Kier molecular flexibility index (Phi) is 8.72. The molecule has 1 N–H and O–H groups in total. The van der Waals surface area contributed by atoms with Crippen LogP contribution in [-0.4, -0.2) is 37.1 Å². The van der Waals surface area contributed by atoms with Crippen LogP contribution < -0.4 is 5.32 Å². The molecule has 0 aliphatic heterocycles. The maximum absolute atomic E-state index is 3.73. The van der Waals surface area contributed by atoms with Gasteiger partial charge < -0.3 is 10.2 Å². The van der Waals surface area contributed by atoms with Crippen molar-refractivity contribution < 1.29 is 0 Å². The molecule has 2 heteroatoms. The number of unbranched alkanes of at least 4 members (excludes halogenated alkanes) is 1. The third-order valence-corrected chi connectivity index (χ3v) is 3.96. The van der Waals surface area contributed by atoms with E-state index in [2.05, 4.69) is 24.1 Å². The number of nitrogens with one attached hydrogen (secondary N) is 1. The molecule has 0 spiro atoms. The quantitative estimate of drug-likeness (QED) is 0.621. The van der Waals surface area contributed by atoms with Gasteiger partial charge in [-0.2, -0.15) is 0 Å². The number of hydrogen-bond donors (Lipinski definition) is 1. The van der Waals surface area contributed by atoms with Crippen molar-refractivity contribution >= 4 is 0 Å². The highest BCUT2D eigenvalue weighted by Crippen LogP contribution is 2.17. The van der Waals surface area contributed by atoms with Gasteiger partial charge >= 0.3 is 0 Å². The number of rotatable bonds is 9. The smallest absolute Gasteiger partial charge is 0.00670 e. The summed E-state index contributed by atoms with van der Waals surface area (Å²) in [6.45, 7) is 9.55. The monoisotopic (exact) mass is 240 g/mol. The summed E-state index contributed by atoms with van der Waals surface area (Å²) in [5.41, 5.74) is 0. The van der Waals surface area contributed by atoms with E-state index in [1.165, 1.54) is 77.5 Å². The second-order valence-corrected chi connectivity index (χ2v) is 5.43. The van der Waals surface area contributed by atoms with Gasteiger partial charge in [0.25, 0.3) is 0 Å². The summed E-state index contributed by atoms with van der Waals surface area (Å²) >= 11 is 0. The minimum Gasteiger partial charge on any atom is -0.314 e. The lowest BCUT2D eigenvalue weighted by Crippen LogP contribution is -2.34. The van der Waals surface area contributed by atoms with Crippen molar-refractivity contribution in [1.29, 1.82) is 0 Å². The van der Waals surface area contributed by atoms with E-state index in [1.807, 2.05) is 0 Å². The fourth-order valence-electron chi connectivity index (χ4n) is 2.73. The molecule has 1 rings (SSSR count). The van der Waals surface area contributed by atoms with Crippen LogP contribution >= 0.6 is 0 Å². The van der Waals surface area contributed by atoms with Crippen molar-refractivity contribution in [2.24, 2.45) is 0 Å². The fraction of sp³-hybridized carbons (Fsp3) is 1.00. The first-order chi connectivity index (χ1) is 8.36. The first kappa shape index (κ1) is 15.0. The molecular weight excluding hydrogens is 208 g/mol. The Balaban J connectivity index is 1.97. The fourth-order valence-corrected chi connectivity index (χ4v) is 2.73. The third kappa shape index (κ3) is 7.05. The van der Waals surface area contributed by atoms with Gasteiger partial charge in [0, 0.05) is 6.04 Å². The van der Waals surface area contributed by atoms with E-state index in [0.29, 0.717) is 0 Å². The first-order valence-corrected chi connectivity index (χ1v) is 7.82. The van der Waals surface area contributed by atoms with E-state index in [4.69, 9.17) is 0 Å². The van der Waals surface area contributed by atoms with E-state index < -0.39 is 0 Å². The zero-order valence-corrected chi connectivity index (χ0v) is 12.0. The second kappa shape index (κ2) is 9.90. The Morgan fingerprint density at radius 2 is 1.71 bits per heavy atom. The molecule has 0 aromatic carbocycles. The van der Waals surface area contributed by atoms with Crippen LogP contribution in [-0.2, 0) is 0 Å². The van der Waals surface area contributed by atoms with Crippen molar-refractivity contribution in [3.63, 3.8) is 0 Å². The Labute approximate surface area is 108 Å². The minimum absolute atomic E-state index is 0.828. The van der Waals surface area contributed by atoms with Gasteiger partial charge in [-0.05, 0) is 51.9 Å². The van der Waals surface area contributed by atoms with Gasteiger partial charge in [0.15, 0.2) is 0 Å². The average Bonchev–Trinajstić information content (AvgIpc) is 2.39. The molecule has 0 radical (unpaired) electrons. The molecule has 1 fully saturated rings. The lowest BCUT2D eigenvalue weighted by molar-refractivity contribution is 0.273. The van der Waals surface area contributed by atoms with Gasteiger partial charge in [-0.1, -0.05) is 39.5 Å². The minimum atomic E-state index is 0.828. The molecule has 102 valence electrons. The molecule has 1 aliphatic rings. The first-order valence-electron chi connectivity index (χ1n) is 7.82. The molecule has 0 heterocycles. The highest BCUT2D eigenvalue weighted by atomic mass is 15.1. The highest BCUT2D eigenvalue weighted by molar-refractivity contribution is 4.71. The third-order valence-electron chi connectivity index (χ3n) is 3.96. The zero-order valence-electron chi connectivity index (χ0n) is 12.0. The van der Waals surface area contributed by atoms with Crippen LogP contribution in [0.25, 0.3) is 0 Å².